The Morgan fingerprint density at radius 2 is 2.05 bits per heavy atom. The van der Waals surface area contributed by atoms with E-state index in [-0.39, 0.29) is 11.7 Å². The molecule has 0 saturated carbocycles. The lowest BCUT2D eigenvalue weighted by Crippen LogP contribution is -2.17. The van der Waals surface area contributed by atoms with Crippen LogP contribution in [0.3, 0.4) is 0 Å². The zero-order valence-corrected chi connectivity index (χ0v) is 11.4. The van der Waals surface area contributed by atoms with Crippen molar-refractivity contribution in [3.63, 3.8) is 0 Å². The fraction of sp³-hybridized carbons (Fsp3) is 0.286. The predicted octanol–water partition coefficient (Wildman–Crippen LogP) is 2.65. The van der Waals surface area contributed by atoms with Gasteiger partial charge in [-0.15, -0.1) is 0 Å². The number of benzene rings is 1. The number of ether oxygens (including phenoxy) is 1. The maximum atomic E-state index is 12.1. The van der Waals surface area contributed by atoms with Gasteiger partial charge >= 0.3 is 0 Å². The maximum Gasteiger partial charge on any atom is 0.180 e. The van der Waals surface area contributed by atoms with Gasteiger partial charge in [0.15, 0.2) is 10.9 Å². The predicted molar refractivity (Wildman–Crippen MR) is 74.9 cm³/mol. The van der Waals surface area contributed by atoms with Crippen LogP contribution in [-0.4, -0.2) is 17.9 Å². The first-order valence-corrected chi connectivity index (χ1v) is 6.91. The minimum absolute atomic E-state index is 0.149. The summed E-state index contributed by atoms with van der Waals surface area (Å²) >= 11 is 1.30. The number of fused-ring (bicyclic) bond motifs is 1. The van der Waals surface area contributed by atoms with E-state index < -0.39 is 0 Å². The summed E-state index contributed by atoms with van der Waals surface area (Å²) in [4.78, 5) is 17.1. The number of anilines is 1. The summed E-state index contributed by atoms with van der Waals surface area (Å²) in [6.07, 6.45) is 1.31. The zero-order chi connectivity index (χ0) is 13.4. The fourth-order valence-corrected chi connectivity index (χ4v) is 3.27. The highest BCUT2D eigenvalue weighted by Crippen LogP contribution is 2.36. The van der Waals surface area contributed by atoms with Gasteiger partial charge in [-0.25, -0.2) is 4.98 Å². The Kier molecular flexibility index (Phi) is 2.98. The Bertz CT molecular complexity index is 619. The second-order valence-electron chi connectivity index (χ2n) is 4.63. The van der Waals surface area contributed by atoms with Gasteiger partial charge in [0.25, 0.3) is 0 Å². The first-order chi connectivity index (χ1) is 9.17. The quantitative estimate of drug-likeness (QED) is 0.914. The number of Topliss-reactive ketones (excluding diaryl/α,β-unsaturated/α-hetero) is 1. The molecule has 98 valence electrons. The van der Waals surface area contributed by atoms with Crippen LogP contribution in [0.4, 0.5) is 5.13 Å². The SMILES string of the molecule is COc1ccc([C@@H]2CC(=O)c3sc(N)nc3C2)cc1. The van der Waals surface area contributed by atoms with Crippen molar-refractivity contribution in [2.45, 2.75) is 18.8 Å². The smallest absolute Gasteiger partial charge is 0.180 e. The normalized spacial score (nSPS) is 18.2. The van der Waals surface area contributed by atoms with Crippen molar-refractivity contribution >= 4 is 22.3 Å². The number of nitrogens with zero attached hydrogens (tertiary/aromatic N) is 1. The second kappa shape index (κ2) is 4.66. The Morgan fingerprint density at radius 1 is 1.32 bits per heavy atom. The van der Waals surface area contributed by atoms with Gasteiger partial charge < -0.3 is 10.5 Å². The number of hydrogen-bond donors (Lipinski definition) is 1. The Morgan fingerprint density at radius 3 is 2.74 bits per heavy atom. The molecule has 1 aliphatic rings. The first kappa shape index (κ1) is 12.2. The van der Waals surface area contributed by atoms with Crippen LogP contribution in [0.2, 0.25) is 0 Å². The minimum Gasteiger partial charge on any atom is -0.497 e. The van der Waals surface area contributed by atoms with Crippen molar-refractivity contribution in [1.29, 1.82) is 0 Å². The van der Waals surface area contributed by atoms with Crippen molar-refractivity contribution in [2.75, 3.05) is 12.8 Å². The Hall–Kier alpha value is -1.88. The van der Waals surface area contributed by atoms with E-state index in [0.717, 1.165) is 28.3 Å². The topological polar surface area (TPSA) is 65.2 Å². The Labute approximate surface area is 115 Å². The summed E-state index contributed by atoms with van der Waals surface area (Å²) in [5.41, 5.74) is 7.67. The van der Waals surface area contributed by atoms with Crippen molar-refractivity contribution in [2.24, 2.45) is 0 Å². The monoisotopic (exact) mass is 274 g/mol. The molecule has 0 amide bonds. The summed E-state index contributed by atoms with van der Waals surface area (Å²) in [7, 11) is 1.64. The third-order valence-corrected chi connectivity index (χ3v) is 4.39. The molecule has 0 radical (unpaired) electrons. The first-order valence-electron chi connectivity index (χ1n) is 6.09. The molecular formula is C14H14N2O2S. The number of thiazole rings is 1. The van der Waals surface area contributed by atoms with Crippen LogP contribution in [-0.2, 0) is 6.42 Å². The largest absolute Gasteiger partial charge is 0.497 e. The van der Waals surface area contributed by atoms with E-state index in [1.54, 1.807) is 7.11 Å². The van der Waals surface area contributed by atoms with E-state index in [4.69, 9.17) is 10.5 Å². The van der Waals surface area contributed by atoms with Crippen LogP contribution in [0, 0.1) is 0 Å². The van der Waals surface area contributed by atoms with Crippen LogP contribution in [0.5, 0.6) is 5.75 Å². The summed E-state index contributed by atoms with van der Waals surface area (Å²) in [5.74, 6) is 1.16. The summed E-state index contributed by atoms with van der Waals surface area (Å²) in [6.45, 7) is 0. The molecule has 0 fully saturated rings. The number of rotatable bonds is 2. The number of ketones is 1. The molecule has 4 nitrogen and oxygen atoms in total. The number of nitrogen functional groups attached to an aromatic ring is 1. The van der Waals surface area contributed by atoms with Gasteiger partial charge in [-0.1, -0.05) is 23.5 Å². The molecule has 3 rings (SSSR count). The number of aromatic nitrogens is 1. The molecule has 0 bridgehead atoms. The molecule has 1 aromatic heterocycles. The molecule has 1 heterocycles. The Balaban J connectivity index is 1.89. The van der Waals surface area contributed by atoms with Gasteiger partial charge in [0.05, 0.1) is 17.7 Å². The molecule has 1 aromatic carbocycles. The highest BCUT2D eigenvalue weighted by molar-refractivity contribution is 7.17. The third-order valence-electron chi connectivity index (χ3n) is 3.43. The molecule has 0 spiro atoms. The van der Waals surface area contributed by atoms with Gasteiger partial charge in [-0.3, -0.25) is 4.79 Å². The van der Waals surface area contributed by atoms with E-state index >= 15 is 0 Å². The van der Waals surface area contributed by atoms with Crippen LogP contribution in [0.25, 0.3) is 0 Å². The number of methoxy groups -OCH3 is 1. The highest BCUT2D eigenvalue weighted by Gasteiger charge is 2.29. The van der Waals surface area contributed by atoms with Crippen molar-refractivity contribution < 1.29 is 9.53 Å². The molecule has 2 aromatic rings. The van der Waals surface area contributed by atoms with Crippen LogP contribution >= 0.6 is 11.3 Å². The maximum absolute atomic E-state index is 12.1. The lowest BCUT2D eigenvalue weighted by Gasteiger charge is -2.20. The highest BCUT2D eigenvalue weighted by atomic mass is 32.1. The van der Waals surface area contributed by atoms with E-state index in [1.165, 1.54) is 11.3 Å². The van der Waals surface area contributed by atoms with Crippen LogP contribution < -0.4 is 10.5 Å². The van der Waals surface area contributed by atoms with E-state index in [9.17, 15) is 4.79 Å². The lowest BCUT2D eigenvalue weighted by atomic mass is 9.84. The van der Waals surface area contributed by atoms with E-state index in [2.05, 4.69) is 4.98 Å². The van der Waals surface area contributed by atoms with Crippen molar-refractivity contribution in [3.05, 3.63) is 40.4 Å². The van der Waals surface area contributed by atoms with E-state index in [1.807, 2.05) is 24.3 Å². The summed E-state index contributed by atoms with van der Waals surface area (Å²) in [6, 6.07) is 7.87. The van der Waals surface area contributed by atoms with Crippen molar-refractivity contribution in [1.82, 2.24) is 4.98 Å². The lowest BCUT2D eigenvalue weighted by molar-refractivity contribution is 0.0968. The minimum atomic E-state index is 0.149. The molecule has 5 heteroatoms. The van der Waals surface area contributed by atoms with Crippen LogP contribution in [0.1, 0.15) is 33.3 Å². The molecule has 0 saturated heterocycles. The summed E-state index contributed by atoms with van der Waals surface area (Å²) < 4.78 is 5.14. The second-order valence-corrected chi connectivity index (χ2v) is 5.66. The molecule has 0 unspecified atom stereocenters. The molecular weight excluding hydrogens is 260 g/mol. The molecule has 19 heavy (non-hydrogen) atoms. The van der Waals surface area contributed by atoms with Crippen LogP contribution in [0.15, 0.2) is 24.3 Å². The average molecular weight is 274 g/mol. The fourth-order valence-electron chi connectivity index (χ4n) is 2.46. The van der Waals surface area contributed by atoms with Gasteiger partial charge in [0.1, 0.15) is 5.75 Å². The van der Waals surface area contributed by atoms with Gasteiger partial charge in [-0.2, -0.15) is 0 Å². The molecule has 2 N–H and O–H groups in total. The van der Waals surface area contributed by atoms with Gasteiger partial charge in [-0.05, 0) is 30.0 Å². The number of carbonyl (C=O) groups is 1. The van der Waals surface area contributed by atoms with Crippen molar-refractivity contribution in [3.8, 4) is 5.75 Å². The number of nitrogens with two attached hydrogens (primary N) is 1. The van der Waals surface area contributed by atoms with E-state index in [0.29, 0.717) is 11.6 Å². The number of hydrogen-bond acceptors (Lipinski definition) is 5. The molecule has 1 aliphatic carbocycles. The average Bonchev–Trinajstić information content (AvgIpc) is 2.80. The van der Waals surface area contributed by atoms with Gasteiger partial charge in [0.2, 0.25) is 0 Å². The standard InChI is InChI=1S/C14H14N2O2S/c1-18-10-4-2-8(3-5-10)9-6-11-13(12(17)7-9)19-14(15)16-11/h2-5,9H,6-7H2,1H3,(H2,15,16)/t9-/m0/s1. The number of carbonyl (C=O) groups excluding carboxylic acids is 1. The molecule has 0 aliphatic heterocycles. The zero-order valence-electron chi connectivity index (χ0n) is 10.6. The molecule has 1 atom stereocenters. The summed E-state index contributed by atoms with van der Waals surface area (Å²) in [5, 5.41) is 0.480. The van der Waals surface area contributed by atoms with Gasteiger partial charge in [0, 0.05) is 6.42 Å². The third kappa shape index (κ3) is 2.21.